The Morgan fingerprint density at radius 2 is 1.86 bits per heavy atom. The standard InChI is InChI=1S/C18H22N2O.ClH/c1-12-8-9-15(13(2)10-12)11-14(3)20-18(21)16-6-4-5-7-17(16)19;/h4-10,14H,11,19H2,1-3H3,(H,20,21);1H. The first-order chi connectivity index (χ1) is 9.97. The maximum absolute atomic E-state index is 12.2. The van der Waals surface area contributed by atoms with Crippen LogP contribution >= 0.6 is 12.4 Å². The highest BCUT2D eigenvalue weighted by Crippen LogP contribution is 2.14. The number of amides is 1. The molecule has 0 aliphatic rings. The second-order valence-corrected chi connectivity index (χ2v) is 5.60. The minimum absolute atomic E-state index is 0. The van der Waals surface area contributed by atoms with Crippen LogP contribution in [0.15, 0.2) is 42.5 Å². The molecule has 3 nitrogen and oxygen atoms in total. The van der Waals surface area contributed by atoms with Crippen LogP contribution in [0, 0.1) is 13.8 Å². The van der Waals surface area contributed by atoms with Crippen molar-refractivity contribution in [3.63, 3.8) is 0 Å². The van der Waals surface area contributed by atoms with Crippen LogP contribution in [0.3, 0.4) is 0 Å². The summed E-state index contributed by atoms with van der Waals surface area (Å²) in [5, 5.41) is 3.01. The molecule has 0 bridgehead atoms. The molecule has 2 aromatic carbocycles. The van der Waals surface area contributed by atoms with Crippen LogP contribution in [0.25, 0.3) is 0 Å². The summed E-state index contributed by atoms with van der Waals surface area (Å²) in [5.74, 6) is -0.120. The predicted octanol–water partition coefficient (Wildman–Crippen LogP) is 3.67. The van der Waals surface area contributed by atoms with Gasteiger partial charge in [-0.15, -0.1) is 12.4 Å². The molecule has 1 atom stereocenters. The highest BCUT2D eigenvalue weighted by molar-refractivity contribution is 5.99. The molecule has 0 aromatic heterocycles. The van der Waals surface area contributed by atoms with Gasteiger partial charge in [-0.3, -0.25) is 4.79 Å². The Balaban J connectivity index is 0.00000242. The average molecular weight is 319 g/mol. The molecule has 1 amide bonds. The molecule has 0 radical (unpaired) electrons. The van der Waals surface area contributed by atoms with Gasteiger partial charge in [-0.1, -0.05) is 35.9 Å². The molecular weight excluding hydrogens is 296 g/mol. The molecule has 22 heavy (non-hydrogen) atoms. The maximum atomic E-state index is 12.2. The minimum Gasteiger partial charge on any atom is -0.398 e. The Bertz CT molecular complexity index is 655. The van der Waals surface area contributed by atoms with Crippen molar-refractivity contribution in [2.24, 2.45) is 0 Å². The Morgan fingerprint density at radius 1 is 1.18 bits per heavy atom. The fourth-order valence-electron chi connectivity index (χ4n) is 2.46. The highest BCUT2D eigenvalue weighted by Gasteiger charge is 2.13. The van der Waals surface area contributed by atoms with Gasteiger partial charge in [0.25, 0.3) is 5.91 Å². The highest BCUT2D eigenvalue weighted by atomic mass is 35.5. The van der Waals surface area contributed by atoms with Gasteiger partial charge in [-0.2, -0.15) is 0 Å². The summed E-state index contributed by atoms with van der Waals surface area (Å²) in [5.41, 5.74) is 10.6. The molecule has 0 aliphatic carbocycles. The molecule has 2 rings (SSSR count). The number of hydrogen-bond donors (Lipinski definition) is 2. The van der Waals surface area contributed by atoms with E-state index in [1.165, 1.54) is 16.7 Å². The van der Waals surface area contributed by atoms with E-state index >= 15 is 0 Å². The molecule has 2 aromatic rings. The van der Waals surface area contributed by atoms with Crippen molar-refractivity contribution in [2.45, 2.75) is 33.2 Å². The van der Waals surface area contributed by atoms with Crippen molar-refractivity contribution in [1.82, 2.24) is 5.32 Å². The molecule has 1 unspecified atom stereocenters. The number of nitrogen functional groups attached to an aromatic ring is 1. The number of nitrogens with one attached hydrogen (secondary N) is 1. The zero-order chi connectivity index (χ0) is 15.4. The van der Waals surface area contributed by atoms with Gasteiger partial charge in [0.2, 0.25) is 0 Å². The number of para-hydroxylation sites is 1. The third kappa shape index (κ3) is 4.50. The first kappa shape index (κ1) is 18.1. The van der Waals surface area contributed by atoms with Crippen molar-refractivity contribution >= 4 is 24.0 Å². The Hall–Kier alpha value is -2.00. The van der Waals surface area contributed by atoms with Crippen LogP contribution in [0.1, 0.15) is 34.0 Å². The second-order valence-electron chi connectivity index (χ2n) is 5.60. The van der Waals surface area contributed by atoms with Gasteiger partial charge >= 0.3 is 0 Å². The van der Waals surface area contributed by atoms with E-state index in [9.17, 15) is 4.79 Å². The average Bonchev–Trinajstić information content (AvgIpc) is 2.42. The van der Waals surface area contributed by atoms with Crippen LogP contribution in [0.2, 0.25) is 0 Å². The van der Waals surface area contributed by atoms with E-state index in [0.717, 1.165) is 6.42 Å². The zero-order valence-electron chi connectivity index (χ0n) is 13.2. The summed E-state index contributed by atoms with van der Waals surface area (Å²) in [6.45, 7) is 6.20. The summed E-state index contributed by atoms with van der Waals surface area (Å²) in [4.78, 5) is 12.2. The van der Waals surface area contributed by atoms with Gasteiger partial charge in [-0.25, -0.2) is 0 Å². The largest absolute Gasteiger partial charge is 0.398 e. The number of benzene rings is 2. The van der Waals surface area contributed by atoms with Gasteiger partial charge in [-0.05, 0) is 50.5 Å². The van der Waals surface area contributed by atoms with E-state index in [4.69, 9.17) is 5.73 Å². The van der Waals surface area contributed by atoms with Crippen molar-refractivity contribution < 1.29 is 4.79 Å². The third-order valence-electron chi connectivity index (χ3n) is 3.61. The van der Waals surface area contributed by atoms with E-state index in [-0.39, 0.29) is 24.4 Å². The lowest BCUT2D eigenvalue weighted by atomic mass is 9.99. The van der Waals surface area contributed by atoms with Crippen LogP contribution in [0.5, 0.6) is 0 Å². The van der Waals surface area contributed by atoms with E-state index in [1.807, 2.05) is 19.1 Å². The lowest BCUT2D eigenvalue weighted by molar-refractivity contribution is 0.0941. The van der Waals surface area contributed by atoms with Gasteiger partial charge in [0.05, 0.1) is 5.56 Å². The molecule has 0 saturated heterocycles. The number of hydrogen-bond acceptors (Lipinski definition) is 2. The quantitative estimate of drug-likeness (QED) is 0.845. The lowest BCUT2D eigenvalue weighted by Gasteiger charge is -2.16. The molecule has 0 aliphatic heterocycles. The fraction of sp³-hybridized carbons (Fsp3) is 0.278. The molecule has 0 heterocycles. The number of nitrogens with two attached hydrogens (primary N) is 1. The van der Waals surface area contributed by atoms with Crippen molar-refractivity contribution in [3.8, 4) is 0 Å². The monoisotopic (exact) mass is 318 g/mol. The number of rotatable bonds is 4. The Morgan fingerprint density at radius 3 is 2.50 bits per heavy atom. The number of anilines is 1. The third-order valence-corrected chi connectivity index (χ3v) is 3.61. The van der Waals surface area contributed by atoms with Gasteiger partial charge < -0.3 is 11.1 Å². The summed E-state index contributed by atoms with van der Waals surface area (Å²) >= 11 is 0. The topological polar surface area (TPSA) is 55.1 Å². The number of carbonyl (C=O) groups is 1. The van der Waals surface area contributed by atoms with E-state index in [1.54, 1.807) is 12.1 Å². The number of aryl methyl sites for hydroxylation is 2. The van der Waals surface area contributed by atoms with Crippen LogP contribution < -0.4 is 11.1 Å². The van der Waals surface area contributed by atoms with E-state index < -0.39 is 0 Å². The van der Waals surface area contributed by atoms with E-state index in [0.29, 0.717) is 11.3 Å². The number of halogens is 1. The minimum atomic E-state index is -0.120. The normalized spacial score (nSPS) is 11.4. The summed E-state index contributed by atoms with van der Waals surface area (Å²) in [6.07, 6.45) is 0.810. The summed E-state index contributed by atoms with van der Waals surface area (Å²) in [6, 6.07) is 13.6. The zero-order valence-corrected chi connectivity index (χ0v) is 14.0. The molecule has 118 valence electrons. The second kappa shape index (κ2) is 7.85. The van der Waals surface area contributed by atoms with Crippen LogP contribution in [0.4, 0.5) is 5.69 Å². The first-order valence-corrected chi connectivity index (χ1v) is 7.19. The van der Waals surface area contributed by atoms with Gasteiger partial charge in [0.15, 0.2) is 0 Å². The smallest absolute Gasteiger partial charge is 0.253 e. The van der Waals surface area contributed by atoms with Crippen LogP contribution in [-0.2, 0) is 6.42 Å². The molecule has 4 heteroatoms. The lowest BCUT2D eigenvalue weighted by Crippen LogP contribution is -2.34. The molecule has 0 fully saturated rings. The van der Waals surface area contributed by atoms with Gasteiger partial charge in [0.1, 0.15) is 0 Å². The van der Waals surface area contributed by atoms with Crippen molar-refractivity contribution in [2.75, 3.05) is 5.73 Å². The van der Waals surface area contributed by atoms with Gasteiger partial charge in [0, 0.05) is 11.7 Å². The molecule has 3 N–H and O–H groups in total. The molecule has 0 saturated carbocycles. The Kier molecular flexibility index (Phi) is 6.44. The summed E-state index contributed by atoms with van der Waals surface area (Å²) < 4.78 is 0. The molecule has 0 spiro atoms. The predicted molar refractivity (Wildman–Crippen MR) is 94.7 cm³/mol. The first-order valence-electron chi connectivity index (χ1n) is 7.19. The summed E-state index contributed by atoms with van der Waals surface area (Å²) in [7, 11) is 0. The number of carbonyl (C=O) groups excluding carboxylic acids is 1. The fourth-order valence-corrected chi connectivity index (χ4v) is 2.46. The van der Waals surface area contributed by atoms with Crippen molar-refractivity contribution in [3.05, 3.63) is 64.7 Å². The van der Waals surface area contributed by atoms with Crippen LogP contribution in [-0.4, -0.2) is 11.9 Å². The van der Waals surface area contributed by atoms with Crippen molar-refractivity contribution in [1.29, 1.82) is 0 Å². The SMILES string of the molecule is Cc1ccc(CC(C)NC(=O)c2ccccc2N)c(C)c1.Cl. The Labute approximate surface area is 138 Å². The molecular formula is C18H23ClN2O. The van der Waals surface area contributed by atoms with E-state index in [2.05, 4.69) is 37.4 Å². The maximum Gasteiger partial charge on any atom is 0.253 e.